The summed E-state index contributed by atoms with van der Waals surface area (Å²) in [6.07, 6.45) is 1.02. The van der Waals surface area contributed by atoms with Crippen molar-refractivity contribution in [3.8, 4) is 0 Å². The van der Waals surface area contributed by atoms with Crippen molar-refractivity contribution in [2.24, 2.45) is 5.73 Å². The Balaban J connectivity index is 2.78. The molecule has 1 heterocycles. The summed E-state index contributed by atoms with van der Waals surface area (Å²) in [4.78, 5) is 4.66. The van der Waals surface area contributed by atoms with Gasteiger partial charge in [-0.25, -0.2) is 4.98 Å². The van der Waals surface area contributed by atoms with Gasteiger partial charge in [0.15, 0.2) is 0 Å². The molecule has 1 aromatic rings. The van der Waals surface area contributed by atoms with E-state index in [4.69, 9.17) is 5.73 Å². The third-order valence-electron chi connectivity index (χ3n) is 2.31. The van der Waals surface area contributed by atoms with Crippen molar-refractivity contribution in [3.63, 3.8) is 0 Å². The Labute approximate surface area is 90.6 Å². The highest BCUT2D eigenvalue weighted by Crippen LogP contribution is 2.28. The van der Waals surface area contributed by atoms with Crippen molar-refractivity contribution in [2.75, 3.05) is 6.54 Å². The molecule has 1 unspecified atom stereocenters. The molecule has 0 aromatic carbocycles. The molecule has 0 spiro atoms. The normalized spacial score (nSPS) is 14.4. The van der Waals surface area contributed by atoms with Gasteiger partial charge in [0, 0.05) is 16.7 Å². The van der Waals surface area contributed by atoms with Gasteiger partial charge in [0.1, 0.15) is 0 Å². The number of nitrogens with zero attached hydrogens (tertiary/aromatic N) is 1. The van der Waals surface area contributed by atoms with Gasteiger partial charge in [0.2, 0.25) is 0 Å². The molecule has 0 aliphatic rings. The monoisotopic (exact) mass is 212 g/mol. The predicted molar refractivity (Wildman–Crippen MR) is 62.9 cm³/mol. The van der Waals surface area contributed by atoms with Crippen molar-refractivity contribution >= 4 is 11.3 Å². The third kappa shape index (κ3) is 2.79. The van der Waals surface area contributed by atoms with Gasteiger partial charge in [-0.1, -0.05) is 27.7 Å². The molecule has 0 aliphatic heterocycles. The molecule has 1 rings (SSSR count). The lowest BCUT2D eigenvalue weighted by Gasteiger charge is -2.14. The van der Waals surface area contributed by atoms with E-state index in [-0.39, 0.29) is 5.41 Å². The van der Waals surface area contributed by atoms with Crippen LogP contribution >= 0.6 is 11.3 Å². The molecule has 0 bridgehead atoms. The summed E-state index contributed by atoms with van der Waals surface area (Å²) in [6, 6.07) is 0. The fourth-order valence-corrected chi connectivity index (χ4v) is 2.37. The fraction of sp³-hybridized carbons (Fsp3) is 0.727. The number of rotatable bonds is 3. The van der Waals surface area contributed by atoms with Gasteiger partial charge in [-0.3, -0.25) is 0 Å². The van der Waals surface area contributed by atoms with E-state index in [0.29, 0.717) is 5.92 Å². The molecule has 0 radical (unpaired) electrons. The largest absolute Gasteiger partial charge is 0.330 e. The molecule has 2 nitrogen and oxygen atoms in total. The lowest BCUT2D eigenvalue weighted by atomic mass is 9.93. The maximum atomic E-state index is 5.54. The molecular formula is C11H20N2S. The summed E-state index contributed by atoms with van der Waals surface area (Å²) < 4.78 is 0. The van der Waals surface area contributed by atoms with E-state index >= 15 is 0 Å². The van der Waals surface area contributed by atoms with Gasteiger partial charge < -0.3 is 5.73 Å². The summed E-state index contributed by atoms with van der Waals surface area (Å²) in [5, 5.41) is 3.39. The van der Waals surface area contributed by atoms with Crippen LogP contribution in [0, 0.1) is 0 Å². The number of hydrogen-bond donors (Lipinski definition) is 1. The van der Waals surface area contributed by atoms with Crippen LogP contribution in [0.15, 0.2) is 5.38 Å². The molecular weight excluding hydrogens is 192 g/mol. The lowest BCUT2D eigenvalue weighted by Crippen LogP contribution is -2.12. The van der Waals surface area contributed by atoms with E-state index < -0.39 is 0 Å². The second-order valence-corrected chi connectivity index (χ2v) is 5.69. The van der Waals surface area contributed by atoms with Gasteiger partial charge in [-0.05, 0) is 13.0 Å². The molecule has 0 saturated heterocycles. The Morgan fingerprint density at radius 1 is 1.50 bits per heavy atom. The first kappa shape index (κ1) is 11.7. The highest BCUT2D eigenvalue weighted by molar-refractivity contribution is 7.09. The van der Waals surface area contributed by atoms with E-state index in [1.165, 1.54) is 10.7 Å². The summed E-state index contributed by atoms with van der Waals surface area (Å²) in [6.45, 7) is 9.52. The minimum absolute atomic E-state index is 0.164. The van der Waals surface area contributed by atoms with Crippen LogP contribution in [-0.4, -0.2) is 11.5 Å². The minimum Gasteiger partial charge on any atom is -0.330 e. The molecule has 2 N–H and O–H groups in total. The summed E-state index contributed by atoms with van der Waals surface area (Å²) in [5.41, 5.74) is 6.90. The van der Waals surface area contributed by atoms with Crippen LogP contribution in [-0.2, 0) is 5.41 Å². The molecule has 0 saturated carbocycles. The van der Waals surface area contributed by atoms with E-state index in [1.807, 2.05) is 0 Å². The van der Waals surface area contributed by atoms with E-state index in [0.717, 1.165) is 13.0 Å². The molecule has 0 amide bonds. The van der Waals surface area contributed by atoms with Gasteiger partial charge >= 0.3 is 0 Å². The minimum atomic E-state index is 0.164. The smallest absolute Gasteiger partial charge is 0.0957 e. The maximum Gasteiger partial charge on any atom is 0.0957 e. The highest BCUT2D eigenvalue weighted by atomic mass is 32.1. The van der Waals surface area contributed by atoms with Gasteiger partial charge in [-0.15, -0.1) is 11.3 Å². The predicted octanol–water partition coefficient (Wildman–Crippen LogP) is 2.89. The summed E-state index contributed by atoms with van der Waals surface area (Å²) in [5.74, 6) is 0.501. The van der Waals surface area contributed by atoms with Crippen molar-refractivity contribution < 1.29 is 0 Å². The highest BCUT2D eigenvalue weighted by Gasteiger charge is 2.18. The lowest BCUT2D eigenvalue weighted by molar-refractivity contribution is 0.566. The molecule has 3 heteroatoms. The third-order valence-corrected chi connectivity index (χ3v) is 3.39. The average Bonchev–Trinajstić information content (AvgIpc) is 2.51. The first-order valence-corrected chi connectivity index (χ1v) is 5.99. The van der Waals surface area contributed by atoms with Crippen LogP contribution in [0.5, 0.6) is 0 Å². The first-order valence-electron chi connectivity index (χ1n) is 5.11. The molecule has 14 heavy (non-hydrogen) atoms. The molecule has 0 fully saturated rings. The zero-order chi connectivity index (χ0) is 10.8. The SMILES string of the molecule is CC(CCN)c1nc(C(C)(C)C)cs1. The van der Waals surface area contributed by atoms with Gasteiger partial charge in [0.05, 0.1) is 10.7 Å². The second-order valence-electron chi connectivity index (χ2n) is 4.80. The molecule has 1 atom stereocenters. The van der Waals surface area contributed by atoms with Crippen LogP contribution in [0.1, 0.15) is 50.7 Å². The Bertz CT molecular complexity index is 286. The Morgan fingerprint density at radius 3 is 2.57 bits per heavy atom. The number of aromatic nitrogens is 1. The van der Waals surface area contributed by atoms with Crippen LogP contribution in [0.4, 0.5) is 0 Å². The first-order chi connectivity index (χ1) is 6.45. The van der Waals surface area contributed by atoms with Crippen LogP contribution < -0.4 is 5.73 Å². The van der Waals surface area contributed by atoms with Crippen molar-refractivity contribution in [2.45, 2.75) is 45.4 Å². The molecule has 1 aromatic heterocycles. The van der Waals surface area contributed by atoms with Crippen LogP contribution in [0.25, 0.3) is 0 Å². The van der Waals surface area contributed by atoms with Gasteiger partial charge in [-0.2, -0.15) is 0 Å². The van der Waals surface area contributed by atoms with Crippen LogP contribution in [0.3, 0.4) is 0 Å². The summed E-state index contributed by atoms with van der Waals surface area (Å²) >= 11 is 1.76. The summed E-state index contributed by atoms with van der Waals surface area (Å²) in [7, 11) is 0. The maximum absolute atomic E-state index is 5.54. The standard InChI is InChI=1S/C11H20N2S/c1-8(5-6-12)10-13-9(7-14-10)11(2,3)4/h7-8H,5-6,12H2,1-4H3. The number of hydrogen-bond acceptors (Lipinski definition) is 3. The fourth-order valence-electron chi connectivity index (χ4n) is 1.23. The van der Waals surface area contributed by atoms with Crippen molar-refractivity contribution in [1.82, 2.24) is 4.98 Å². The Hall–Kier alpha value is -0.410. The topological polar surface area (TPSA) is 38.9 Å². The number of nitrogens with two attached hydrogens (primary N) is 1. The van der Waals surface area contributed by atoms with Crippen molar-refractivity contribution in [3.05, 3.63) is 16.1 Å². The van der Waals surface area contributed by atoms with Gasteiger partial charge in [0.25, 0.3) is 0 Å². The van der Waals surface area contributed by atoms with Crippen LogP contribution in [0.2, 0.25) is 0 Å². The van der Waals surface area contributed by atoms with E-state index in [2.05, 4.69) is 38.1 Å². The molecule has 0 aliphatic carbocycles. The van der Waals surface area contributed by atoms with E-state index in [9.17, 15) is 0 Å². The number of thiazole rings is 1. The second kappa shape index (κ2) is 4.41. The Kier molecular flexibility index (Phi) is 3.67. The zero-order valence-electron chi connectivity index (χ0n) is 9.50. The van der Waals surface area contributed by atoms with Crippen molar-refractivity contribution in [1.29, 1.82) is 0 Å². The Morgan fingerprint density at radius 2 is 2.14 bits per heavy atom. The average molecular weight is 212 g/mol. The quantitative estimate of drug-likeness (QED) is 0.836. The molecule has 80 valence electrons. The van der Waals surface area contributed by atoms with E-state index in [1.54, 1.807) is 11.3 Å². The zero-order valence-corrected chi connectivity index (χ0v) is 10.3.